The van der Waals surface area contributed by atoms with Gasteiger partial charge in [0.2, 0.25) is 11.8 Å². The number of aryl methyl sites for hydroxylation is 1. The topological polar surface area (TPSA) is 71.4 Å². The number of nitrogens with one attached hydrogen (secondary N) is 1. The van der Waals surface area contributed by atoms with E-state index in [1.165, 1.54) is 6.92 Å². The second kappa shape index (κ2) is 7.94. The largest absolute Gasteiger partial charge is 0.354 e. The highest BCUT2D eigenvalue weighted by Crippen LogP contribution is 2.17. The Morgan fingerprint density at radius 3 is 2.78 bits per heavy atom. The van der Waals surface area contributed by atoms with Crippen molar-refractivity contribution in [1.29, 1.82) is 0 Å². The summed E-state index contributed by atoms with van der Waals surface area (Å²) in [6, 6.07) is 4.84. The molecule has 1 aliphatic rings. The van der Waals surface area contributed by atoms with E-state index in [0.29, 0.717) is 26.1 Å². The summed E-state index contributed by atoms with van der Waals surface area (Å²) in [6.07, 6.45) is 3.34. The molecule has 2 amide bonds. The molecule has 1 fully saturated rings. The molecule has 6 heteroatoms. The standard InChI is InChI=1S/C17H25N3O3/c1-13-7-5-9-16(22)19(13)12-6-10-18-17(23)15-8-3-4-11-20(15)14(2)21/h5,7,9,15H,3-4,6,8,10-12H2,1-2H3,(H,18,23)/t15-/m1/s1. The third-order valence-corrected chi connectivity index (χ3v) is 4.34. The van der Waals surface area contributed by atoms with Gasteiger partial charge in [0.25, 0.3) is 5.56 Å². The van der Waals surface area contributed by atoms with Crippen LogP contribution in [0.2, 0.25) is 0 Å². The molecule has 2 rings (SSSR count). The van der Waals surface area contributed by atoms with E-state index in [2.05, 4.69) is 5.32 Å². The van der Waals surface area contributed by atoms with Crippen molar-refractivity contribution in [3.05, 3.63) is 34.2 Å². The van der Waals surface area contributed by atoms with Crippen molar-refractivity contribution < 1.29 is 9.59 Å². The van der Waals surface area contributed by atoms with Crippen molar-refractivity contribution >= 4 is 11.8 Å². The van der Waals surface area contributed by atoms with Crippen LogP contribution in [0.3, 0.4) is 0 Å². The Morgan fingerprint density at radius 2 is 2.09 bits per heavy atom. The zero-order valence-electron chi connectivity index (χ0n) is 13.9. The number of piperidine rings is 1. The molecule has 0 aliphatic carbocycles. The van der Waals surface area contributed by atoms with Gasteiger partial charge in [-0.3, -0.25) is 14.4 Å². The van der Waals surface area contributed by atoms with Gasteiger partial charge in [0.15, 0.2) is 0 Å². The lowest BCUT2D eigenvalue weighted by molar-refractivity contribution is -0.140. The molecule has 23 heavy (non-hydrogen) atoms. The SMILES string of the molecule is CC(=O)N1CCCC[C@@H]1C(=O)NCCCn1c(C)cccc1=O. The highest BCUT2D eigenvalue weighted by Gasteiger charge is 2.29. The van der Waals surface area contributed by atoms with E-state index in [0.717, 1.165) is 25.0 Å². The van der Waals surface area contributed by atoms with Crippen LogP contribution in [0.25, 0.3) is 0 Å². The Balaban J connectivity index is 1.82. The summed E-state index contributed by atoms with van der Waals surface area (Å²) in [7, 11) is 0. The average Bonchev–Trinajstić information content (AvgIpc) is 2.53. The first kappa shape index (κ1) is 17.2. The molecule has 0 radical (unpaired) electrons. The highest BCUT2D eigenvalue weighted by molar-refractivity contribution is 5.87. The van der Waals surface area contributed by atoms with Crippen molar-refractivity contribution in [3.63, 3.8) is 0 Å². The van der Waals surface area contributed by atoms with Gasteiger partial charge in [0.05, 0.1) is 0 Å². The molecule has 1 aromatic rings. The van der Waals surface area contributed by atoms with Gasteiger partial charge in [0, 0.05) is 38.3 Å². The van der Waals surface area contributed by atoms with Crippen LogP contribution in [0.15, 0.2) is 23.0 Å². The number of nitrogens with zero attached hydrogens (tertiary/aromatic N) is 2. The van der Waals surface area contributed by atoms with Gasteiger partial charge >= 0.3 is 0 Å². The summed E-state index contributed by atoms with van der Waals surface area (Å²) in [4.78, 5) is 37.3. The van der Waals surface area contributed by atoms with E-state index in [1.54, 1.807) is 21.6 Å². The van der Waals surface area contributed by atoms with Gasteiger partial charge in [-0.15, -0.1) is 0 Å². The number of likely N-dealkylation sites (tertiary alicyclic amines) is 1. The van der Waals surface area contributed by atoms with Gasteiger partial charge in [-0.25, -0.2) is 0 Å². The van der Waals surface area contributed by atoms with Crippen LogP contribution < -0.4 is 10.9 Å². The lowest BCUT2D eigenvalue weighted by atomic mass is 10.0. The van der Waals surface area contributed by atoms with Crippen LogP contribution >= 0.6 is 0 Å². The highest BCUT2D eigenvalue weighted by atomic mass is 16.2. The molecular formula is C17H25N3O3. The minimum absolute atomic E-state index is 0.0219. The van der Waals surface area contributed by atoms with E-state index in [9.17, 15) is 14.4 Å². The Bertz CT molecular complexity index is 624. The van der Waals surface area contributed by atoms with E-state index in [-0.39, 0.29) is 23.4 Å². The van der Waals surface area contributed by atoms with Crippen LogP contribution in [0, 0.1) is 6.92 Å². The van der Waals surface area contributed by atoms with Crippen molar-refractivity contribution in [1.82, 2.24) is 14.8 Å². The molecule has 2 heterocycles. The lowest BCUT2D eigenvalue weighted by Crippen LogP contribution is -2.51. The molecule has 0 aromatic carbocycles. The normalized spacial score (nSPS) is 17.8. The average molecular weight is 319 g/mol. The minimum Gasteiger partial charge on any atom is -0.354 e. The number of rotatable bonds is 5. The van der Waals surface area contributed by atoms with Gasteiger partial charge in [-0.05, 0) is 38.7 Å². The van der Waals surface area contributed by atoms with Crippen molar-refractivity contribution in [2.24, 2.45) is 0 Å². The lowest BCUT2D eigenvalue weighted by Gasteiger charge is -2.33. The predicted octanol–water partition coefficient (Wildman–Crippen LogP) is 1.06. The second-order valence-corrected chi connectivity index (χ2v) is 6.03. The molecule has 1 N–H and O–H groups in total. The first-order valence-corrected chi connectivity index (χ1v) is 8.22. The van der Waals surface area contributed by atoms with Crippen molar-refractivity contribution in [2.45, 2.75) is 52.1 Å². The molecule has 1 atom stereocenters. The maximum absolute atomic E-state index is 12.3. The van der Waals surface area contributed by atoms with E-state index in [1.807, 2.05) is 13.0 Å². The number of carbonyl (C=O) groups excluding carboxylic acids is 2. The first-order valence-electron chi connectivity index (χ1n) is 8.22. The first-order chi connectivity index (χ1) is 11.0. The van der Waals surface area contributed by atoms with Gasteiger partial charge in [-0.2, -0.15) is 0 Å². The van der Waals surface area contributed by atoms with Crippen LogP contribution in [-0.4, -0.2) is 40.4 Å². The second-order valence-electron chi connectivity index (χ2n) is 6.03. The smallest absolute Gasteiger partial charge is 0.250 e. The van der Waals surface area contributed by atoms with Crippen LogP contribution in [0.4, 0.5) is 0 Å². The predicted molar refractivity (Wildman–Crippen MR) is 88.1 cm³/mol. The zero-order valence-corrected chi connectivity index (χ0v) is 13.9. The zero-order chi connectivity index (χ0) is 16.8. The summed E-state index contributed by atoms with van der Waals surface area (Å²) < 4.78 is 1.70. The number of amides is 2. The Hall–Kier alpha value is -2.11. The van der Waals surface area contributed by atoms with Gasteiger partial charge < -0.3 is 14.8 Å². The summed E-state index contributed by atoms with van der Waals surface area (Å²) in [5.74, 6) is -0.131. The van der Waals surface area contributed by atoms with Crippen molar-refractivity contribution in [2.75, 3.05) is 13.1 Å². The Kier molecular flexibility index (Phi) is 5.96. The number of hydrogen-bond acceptors (Lipinski definition) is 3. The van der Waals surface area contributed by atoms with Gasteiger partial charge in [-0.1, -0.05) is 6.07 Å². The summed E-state index contributed by atoms with van der Waals surface area (Å²) in [6.45, 7) is 5.14. The molecular weight excluding hydrogens is 294 g/mol. The number of aromatic nitrogens is 1. The minimum atomic E-state index is -0.345. The third kappa shape index (κ3) is 4.43. The van der Waals surface area contributed by atoms with E-state index in [4.69, 9.17) is 0 Å². The molecule has 0 spiro atoms. The molecule has 0 saturated carbocycles. The fraction of sp³-hybridized carbons (Fsp3) is 0.588. The summed E-state index contributed by atoms with van der Waals surface area (Å²) in [5, 5.41) is 2.90. The van der Waals surface area contributed by atoms with E-state index < -0.39 is 0 Å². The maximum atomic E-state index is 12.3. The molecule has 0 unspecified atom stereocenters. The molecule has 6 nitrogen and oxygen atoms in total. The fourth-order valence-corrected chi connectivity index (χ4v) is 3.06. The molecule has 1 saturated heterocycles. The number of pyridine rings is 1. The van der Waals surface area contributed by atoms with Crippen LogP contribution in [0.1, 0.15) is 38.3 Å². The van der Waals surface area contributed by atoms with Gasteiger partial charge in [0.1, 0.15) is 6.04 Å². The Morgan fingerprint density at radius 1 is 1.30 bits per heavy atom. The molecule has 126 valence electrons. The third-order valence-electron chi connectivity index (χ3n) is 4.34. The Labute approximate surface area is 136 Å². The quantitative estimate of drug-likeness (QED) is 0.825. The maximum Gasteiger partial charge on any atom is 0.250 e. The fourth-order valence-electron chi connectivity index (χ4n) is 3.06. The van der Waals surface area contributed by atoms with E-state index >= 15 is 0 Å². The molecule has 1 aromatic heterocycles. The molecule has 0 bridgehead atoms. The van der Waals surface area contributed by atoms with Crippen molar-refractivity contribution in [3.8, 4) is 0 Å². The number of carbonyl (C=O) groups is 2. The summed E-state index contributed by atoms with van der Waals surface area (Å²) in [5.41, 5.74) is 0.894. The summed E-state index contributed by atoms with van der Waals surface area (Å²) >= 11 is 0. The van der Waals surface area contributed by atoms with Crippen LogP contribution in [-0.2, 0) is 16.1 Å². The molecule has 1 aliphatic heterocycles. The number of hydrogen-bond donors (Lipinski definition) is 1. The van der Waals surface area contributed by atoms with Crippen LogP contribution in [0.5, 0.6) is 0 Å². The monoisotopic (exact) mass is 319 g/mol.